The lowest BCUT2D eigenvalue weighted by molar-refractivity contribution is 0.628. The van der Waals surface area contributed by atoms with E-state index in [0.29, 0.717) is 23.0 Å². The van der Waals surface area contributed by atoms with Crippen LogP contribution in [0.4, 0.5) is 0 Å². The lowest BCUT2D eigenvalue weighted by Gasteiger charge is -2.01. The van der Waals surface area contributed by atoms with Gasteiger partial charge in [0.2, 0.25) is 0 Å². The molecule has 0 amide bonds. The van der Waals surface area contributed by atoms with Crippen molar-refractivity contribution >= 4 is 35.6 Å². The third-order valence-corrected chi connectivity index (χ3v) is 4.28. The Kier molecular flexibility index (Phi) is 2.36. The van der Waals surface area contributed by atoms with Crippen LogP contribution in [0, 0.1) is 0 Å². The molecule has 0 spiro atoms. The molecule has 2 aromatic heterocycles. The molecule has 0 bridgehead atoms. The fourth-order valence-electron chi connectivity index (χ4n) is 1.66. The molecule has 3 heterocycles. The fraction of sp³-hybridized carbons (Fsp3) is 0.333. The smallest absolute Gasteiger partial charge is 0.282 e. The Hall–Kier alpha value is -1.08. The second-order valence-electron chi connectivity index (χ2n) is 3.46. The standard InChI is InChI=1S/C9H8N4OS2/c14-8-6-7(11-2-1-10-6)12-9-13(8)3-5(4-15)16-9/h1-2,5,15H,3-4H2/t5-/m0/s1. The molecule has 2 aromatic rings. The molecule has 0 unspecified atom stereocenters. The number of thiol groups is 1. The molecule has 1 aliphatic rings. The van der Waals surface area contributed by atoms with E-state index in [-0.39, 0.29) is 5.56 Å². The number of nitrogens with zero attached hydrogens (tertiary/aromatic N) is 4. The zero-order valence-corrected chi connectivity index (χ0v) is 9.91. The van der Waals surface area contributed by atoms with Gasteiger partial charge in [0.1, 0.15) is 0 Å². The summed E-state index contributed by atoms with van der Waals surface area (Å²) in [4.78, 5) is 24.5. The maximum absolute atomic E-state index is 12.1. The Morgan fingerprint density at radius 2 is 2.31 bits per heavy atom. The molecule has 0 fully saturated rings. The number of thioether (sulfide) groups is 1. The van der Waals surface area contributed by atoms with Crippen LogP contribution in [0.15, 0.2) is 22.3 Å². The van der Waals surface area contributed by atoms with E-state index in [9.17, 15) is 4.79 Å². The Morgan fingerprint density at radius 3 is 3.12 bits per heavy atom. The van der Waals surface area contributed by atoms with Gasteiger partial charge in [0.05, 0.1) is 0 Å². The predicted octanol–water partition coefficient (Wildman–Crippen LogP) is 0.591. The Balaban J connectivity index is 2.28. The first-order valence-electron chi connectivity index (χ1n) is 4.78. The number of hydrogen-bond donors (Lipinski definition) is 1. The second-order valence-corrected chi connectivity index (χ2v) is 5.09. The van der Waals surface area contributed by atoms with Crippen molar-refractivity contribution in [3.63, 3.8) is 0 Å². The normalized spacial score (nSPS) is 18.9. The summed E-state index contributed by atoms with van der Waals surface area (Å²) in [6, 6.07) is 0. The molecule has 3 rings (SSSR count). The van der Waals surface area contributed by atoms with E-state index >= 15 is 0 Å². The van der Waals surface area contributed by atoms with Crippen LogP contribution in [0.1, 0.15) is 0 Å². The predicted molar refractivity (Wildman–Crippen MR) is 65.1 cm³/mol. The molecule has 82 valence electrons. The van der Waals surface area contributed by atoms with Gasteiger partial charge in [0, 0.05) is 29.9 Å². The van der Waals surface area contributed by atoms with Crippen LogP contribution in [0.5, 0.6) is 0 Å². The molecule has 1 aliphatic heterocycles. The highest BCUT2D eigenvalue weighted by molar-refractivity contribution is 8.00. The van der Waals surface area contributed by atoms with Crippen molar-refractivity contribution in [2.45, 2.75) is 17.0 Å². The van der Waals surface area contributed by atoms with Gasteiger partial charge in [-0.15, -0.1) is 0 Å². The quantitative estimate of drug-likeness (QED) is 0.594. The minimum Gasteiger partial charge on any atom is -0.284 e. The number of hydrogen-bond acceptors (Lipinski definition) is 6. The zero-order chi connectivity index (χ0) is 11.1. The molecule has 7 heteroatoms. The minimum absolute atomic E-state index is 0.107. The average molecular weight is 252 g/mol. The summed E-state index contributed by atoms with van der Waals surface area (Å²) in [5.41, 5.74) is 0.655. The van der Waals surface area contributed by atoms with E-state index in [1.165, 1.54) is 6.20 Å². The molecule has 5 nitrogen and oxygen atoms in total. The van der Waals surface area contributed by atoms with Gasteiger partial charge in [-0.05, 0) is 0 Å². The van der Waals surface area contributed by atoms with E-state index in [0.717, 1.165) is 10.9 Å². The molecule has 0 saturated carbocycles. The zero-order valence-electron chi connectivity index (χ0n) is 8.20. The van der Waals surface area contributed by atoms with E-state index < -0.39 is 0 Å². The number of rotatable bonds is 1. The Labute approximate surface area is 101 Å². The van der Waals surface area contributed by atoms with Crippen molar-refractivity contribution in [3.05, 3.63) is 22.7 Å². The van der Waals surface area contributed by atoms with Gasteiger partial charge >= 0.3 is 0 Å². The van der Waals surface area contributed by atoms with Crippen molar-refractivity contribution in [2.24, 2.45) is 0 Å². The lowest BCUT2D eigenvalue weighted by atomic mass is 10.4. The van der Waals surface area contributed by atoms with Crippen LogP contribution in [0.3, 0.4) is 0 Å². The van der Waals surface area contributed by atoms with Crippen molar-refractivity contribution < 1.29 is 0 Å². The first-order valence-corrected chi connectivity index (χ1v) is 6.30. The van der Waals surface area contributed by atoms with Crippen LogP contribution < -0.4 is 5.56 Å². The van der Waals surface area contributed by atoms with E-state index in [2.05, 4.69) is 27.6 Å². The Bertz CT molecular complexity index is 612. The van der Waals surface area contributed by atoms with Crippen LogP contribution >= 0.6 is 24.4 Å². The van der Waals surface area contributed by atoms with E-state index in [4.69, 9.17) is 0 Å². The molecule has 0 aromatic carbocycles. The molecule has 16 heavy (non-hydrogen) atoms. The van der Waals surface area contributed by atoms with Crippen molar-refractivity contribution in [1.29, 1.82) is 0 Å². The van der Waals surface area contributed by atoms with Crippen LogP contribution in [0.2, 0.25) is 0 Å². The molecule has 0 N–H and O–H groups in total. The first-order chi connectivity index (χ1) is 7.79. The van der Waals surface area contributed by atoms with Gasteiger partial charge < -0.3 is 0 Å². The third-order valence-electron chi connectivity index (χ3n) is 2.42. The summed E-state index contributed by atoms with van der Waals surface area (Å²) < 4.78 is 1.66. The summed E-state index contributed by atoms with van der Waals surface area (Å²) >= 11 is 5.81. The molecule has 0 aliphatic carbocycles. The highest BCUT2D eigenvalue weighted by atomic mass is 32.2. The van der Waals surface area contributed by atoms with E-state index in [1.54, 1.807) is 22.5 Å². The maximum atomic E-state index is 12.1. The summed E-state index contributed by atoms with van der Waals surface area (Å²) in [5.74, 6) is 0.727. The number of aromatic nitrogens is 4. The largest absolute Gasteiger partial charge is 0.284 e. The third kappa shape index (κ3) is 1.42. The average Bonchev–Trinajstić information content (AvgIpc) is 2.73. The summed E-state index contributed by atoms with van der Waals surface area (Å²) in [6.45, 7) is 0.655. The molecule has 0 radical (unpaired) electrons. The summed E-state index contributed by atoms with van der Waals surface area (Å²) in [5, 5.41) is 1.03. The van der Waals surface area contributed by atoms with Gasteiger partial charge in [0.25, 0.3) is 5.56 Å². The van der Waals surface area contributed by atoms with Crippen molar-refractivity contribution in [1.82, 2.24) is 19.5 Å². The highest BCUT2D eigenvalue weighted by Gasteiger charge is 2.25. The topological polar surface area (TPSA) is 60.7 Å². The van der Waals surface area contributed by atoms with Crippen LogP contribution in [-0.2, 0) is 6.54 Å². The number of fused-ring (bicyclic) bond motifs is 2. The van der Waals surface area contributed by atoms with Crippen molar-refractivity contribution in [2.75, 3.05) is 5.75 Å². The van der Waals surface area contributed by atoms with Crippen LogP contribution in [-0.4, -0.2) is 30.5 Å². The maximum Gasteiger partial charge on any atom is 0.282 e. The molecule has 1 atom stereocenters. The van der Waals surface area contributed by atoms with E-state index in [1.807, 2.05) is 0 Å². The fourth-order valence-corrected chi connectivity index (χ4v) is 3.02. The summed E-state index contributed by atoms with van der Waals surface area (Å²) in [6.07, 6.45) is 3.05. The lowest BCUT2D eigenvalue weighted by Crippen LogP contribution is -2.23. The molecular formula is C9H8N4OS2. The monoisotopic (exact) mass is 252 g/mol. The Morgan fingerprint density at radius 1 is 1.50 bits per heavy atom. The van der Waals surface area contributed by atoms with Gasteiger partial charge in [-0.2, -0.15) is 12.6 Å². The van der Waals surface area contributed by atoms with Gasteiger partial charge in [0.15, 0.2) is 16.3 Å². The van der Waals surface area contributed by atoms with Gasteiger partial charge in [-0.1, -0.05) is 11.8 Å². The summed E-state index contributed by atoms with van der Waals surface area (Å²) in [7, 11) is 0. The molecule has 0 saturated heterocycles. The van der Waals surface area contributed by atoms with Crippen molar-refractivity contribution in [3.8, 4) is 0 Å². The highest BCUT2D eigenvalue weighted by Crippen LogP contribution is 2.29. The minimum atomic E-state index is -0.107. The molecular weight excluding hydrogens is 244 g/mol. The van der Waals surface area contributed by atoms with Crippen LogP contribution in [0.25, 0.3) is 11.2 Å². The second kappa shape index (κ2) is 3.74. The van der Waals surface area contributed by atoms with Gasteiger partial charge in [-0.3, -0.25) is 9.36 Å². The first kappa shape index (κ1) is 10.1. The van der Waals surface area contributed by atoms with Gasteiger partial charge in [-0.25, -0.2) is 15.0 Å². The SMILES string of the molecule is O=c1c2nccnc2nc2n1C[C@@H](CS)S2.